The quantitative estimate of drug-likeness (QED) is 0.500. The molecule has 0 amide bonds. The zero-order valence-electron chi connectivity index (χ0n) is 14.5. The largest absolute Gasteiger partial charge is 0.455 e. The third-order valence-electron chi connectivity index (χ3n) is 5.15. The van der Waals surface area contributed by atoms with Gasteiger partial charge in [-0.25, -0.2) is 0 Å². The summed E-state index contributed by atoms with van der Waals surface area (Å²) in [5.41, 5.74) is 1.18. The summed E-state index contributed by atoms with van der Waals surface area (Å²) in [5, 5.41) is 0.858. The molecule has 4 rings (SSSR count). The fraction of sp³-hybridized carbons (Fsp3) is 0.333. The van der Waals surface area contributed by atoms with E-state index in [2.05, 4.69) is 11.1 Å². The minimum absolute atomic E-state index is 0.120. The van der Waals surface area contributed by atoms with Crippen molar-refractivity contribution < 1.29 is 17.9 Å². The lowest BCUT2D eigenvalue weighted by molar-refractivity contribution is -0.138. The van der Waals surface area contributed by atoms with Gasteiger partial charge in [-0.2, -0.15) is 13.2 Å². The van der Waals surface area contributed by atoms with Crippen LogP contribution in [0.5, 0.6) is 11.5 Å². The summed E-state index contributed by atoms with van der Waals surface area (Å²) in [5.74, 6) is 0.605. The number of hydrogen-bond donors (Lipinski definition) is 1. The van der Waals surface area contributed by atoms with Crippen LogP contribution in [0, 0.1) is 12.0 Å². The monoisotopic (exact) mass is 392 g/mol. The second kappa shape index (κ2) is 7.12. The topological polar surface area (TPSA) is 25.0 Å². The molecule has 0 atom stereocenters. The Hall–Kier alpha value is -2.14. The van der Waals surface area contributed by atoms with E-state index in [1.807, 2.05) is 12.3 Å². The first kappa shape index (κ1) is 18.2. The van der Waals surface area contributed by atoms with Crippen LogP contribution in [0.15, 0.2) is 36.5 Å². The summed E-state index contributed by atoms with van der Waals surface area (Å²) in [6, 6.07) is 9.76. The molecule has 27 heavy (non-hydrogen) atoms. The van der Waals surface area contributed by atoms with Crippen LogP contribution in [-0.2, 0) is 12.6 Å². The van der Waals surface area contributed by atoms with Crippen LogP contribution >= 0.6 is 11.6 Å². The molecular formula is C21H18ClF3NO. The van der Waals surface area contributed by atoms with Crippen LogP contribution in [-0.4, -0.2) is 4.98 Å². The molecule has 1 fully saturated rings. The number of benzene rings is 2. The maximum atomic E-state index is 13.3. The minimum atomic E-state index is -4.57. The van der Waals surface area contributed by atoms with Crippen molar-refractivity contribution in [1.82, 2.24) is 4.98 Å². The average molecular weight is 393 g/mol. The molecule has 1 heterocycles. The number of nitrogens with one attached hydrogen (secondary N) is 1. The van der Waals surface area contributed by atoms with Gasteiger partial charge < -0.3 is 9.72 Å². The van der Waals surface area contributed by atoms with Gasteiger partial charge in [0.1, 0.15) is 11.3 Å². The lowest BCUT2D eigenvalue weighted by Crippen LogP contribution is -2.07. The van der Waals surface area contributed by atoms with Crippen LogP contribution in [0.25, 0.3) is 10.9 Å². The van der Waals surface area contributed by atoms with E-state index in [0.29, 0.717) is 11.7 Å². The maximum Gasteiger partial charge on any atom is 0.420 e. The lowest BCUT2D eigenvalue weighted by Gasteiger charge is -2.15. The average Bonchev–Trinajstić information content (AvgIpc) is 3.26. The second-order valence-corrected chi connectivity index (χ2v) is 7.43. The van der Waals surface area contributed by atoms with Crippen molar-refractivity contribution in [2.24, 2.45) is 5.92 Å². The highest BCUT2D eigenvalue weighted by Gasteiger charge is 2.35. The van der Waals surface area contributed by atoms with E-state index < -0.39 is 17.5 Å². The molecule has 0 bridgehead atoms. The summed E-state index contributed by atoms with van der Waals surface area (Å²) < 4.78 is 45.4. The highest BCUT2D eigenvalue weighted by Crippen LogP contribution is 2.42. The molecule has 1 radical (unpaired) electrons. The Balaban J connectivity index is 1.67. The molecule has 1 N–H and O–H groups in total. The van der Waals surface area contributed by atoms with E-state index >= 15 is 0 Å². The first-order chi connectivity index (χ1) is 12.9. The van der Waals surface area contributed by atoms with Gasteiger partial charge in [-0.1, -0.05) is 37.3 Å². The van der Waals surface area contributed by atoms with E-state index in [9.17, 15) is 13.2 Å². The molecule has 1 aromatic heterocycles. The third kappa shape index (κ3) is 3.79. The van der Waals surface area contributed by atoms with Crippen LogP contribution in [0.4, 0.5) is 13.2 Å². The Kier molecular flexibility index (Phi) is 4.81. The Bertz CT molecular complexity index is 958. The molecule has 6 heteroatoms. The molecular weight excluding hydrogens is 375 g/mol. The summed E-state index contributed by atoms with van der Waals surface area (Å²) >= 11 is 5.96. The Morgan fingerprint density at radius 1 is 1.19 bits per heavy atom. The fourth-order valence-corrected chi connectivity index (χ4v) is 4.01. The smallest absolute Gasteiger partial charge is 0.420 e. The third-order valence-corrected chi connectivity index (χ3v) is 5.43. The molecule has 2 aromatic carbocycles. The molecule has 0 spiro atoms. The van der Waals surface area contributed by atoms with E-state index in [4.69, 9.17) is 16.3 Å². The molecule has 3 aromatic rings. The molecule has 0 aliphatic heterocycles. The number of aromatic nitrogens is 1. The number of halogens is 4. The fourth-order valence-electron chi connectivity index (χ4n) is 3.81. The SMILES string of the molecule is FC(F)(F)c1c[c]cc(Cl)c1Oc1ccc2[nH]cc(CC3CCCC3)c2c1. The van der Waals surface area contributed by atoms with Gasteiger partial charge in [0.15, 0.2) is 5.75 Å². The maximum absolute atomic E-state index is 13.3. The summed E-state index contributed by atoms with van der Waals surface area (Å²) in [4.78, 5) is 3.23. The van der Waals surface area contributed by atoms with Crippen molar-refractivity contribution in [2.45, 2.75) is 38.3 Å². The second-order valence-electron chi connectivity index (χ2n) is 7.02. The number of rotatable bonds is 4. The van der Waals surface area contributed by atoms with Crippen LogP contribution in [0.1, 0.15) is 36.8 Å². The first-order valence-corrected chi connectivity index (χ1v) is 9.34. The van der Waals surface area contributed by atoms with Gasteiger partial charge >= 0.3 is 6.18 Å². The number of alkyl halides is 3. The van der Waals surface area contributed by atoms with Gasteiger partial charge in [-0.15, -0.1) is 0 Å². The van der Waals surface area contributed by atoms with E-state index in [0.717, 1.165) is 23.4 Å². The van der Waals surface area contributed by atoms with Gasteiger partial charge in [0.25, 0.3) is 0 Å². The van der Waals surface area contributed by atoms with Crippen molar-refractivity contribution in [3.05, 3.63) is 58.7 Å². The van der Waals surface area contributed by atoms with Crippen LogP contribution < -0.4 is 4.74 Å². The standard InChI is InChI=1S/C21H18ClF3NO/c22-18-7-3-6-17(21(23,24)25)20(18)27-15-8-9-19-16(11-15)14(12-26-19)10-13-4-1-2-5-13/h6-9,11-13,26H,1-2,4-5,10H2. The van der Waals surface area contributed by atoms with Gasteiger partial charge in [0, 0.05) is 17.1 Å². The van der Waals surface area contributed by atoms with Gasteiger partial charge in [0.2, 0.25) is 0 Å². The Morgan fingerprint density at radius 2 is 1.96 bits per heavy atom. The summed E-state index contributed by atoms with van der Waals surface area (Å²) in [7, 11) is 0. The normalized spacial score (nSPS) is 15.6. The number of H-pyrrole nitrogens is 1. The Morgan fingerprint density at radius 3 is 2.70 bits per heavy atom. The predicted molar refractivity (Wildman–Crippen MR) is 99.3 cm³/mol. The van der Waals surface area contributed by atoms with Crippen molar-refractivity contribution in [2.75, 3.05) is 0 Å². The molecule has 1 saturated carbocycles. The van der Waals surface area contributed by atoms with Crippen molar-refractivity contribution in [1.29, 1.82) is 0 Å². The van der Waals surface area contributed by atoms with Gasteiger partial charge in [0.05, 0.1) is 5.02 Å². The van der Waals surface area contributed by atoms with Gasteiger partial charge in [-0.3, -0.25) is 0 Å². The number of aromatic amines is 1. The first-order valence-electron chi connectivity index (χ1n) is 8.96. The molecule has 1 aliphatic carbocycles. The van der Waals surface area contributed by atoms with E-state index in [1.54, 1.807) is 12.1 Å². The summed E-state index contributed by atoms with van der Waals surface area (Å²) in [6.45, 7) is 0. The lowest BCUT2D eigenvalue weighted by atomic mass is 9.98. The van der Waals surface area contributed by atoms with Crippen molar-refractivity contribution in [3.63, 3.8) is 0 Å². The van der Waals surface area contributed by atoms with Crippen molar-refractivity contribution in [3.8, 4) is 11.5 Å². The minimum Gasteiger partial charge on any atom is -0.455 e. The highest BCUT2D eigenvalue weighted by atomic mass is 35.5. The number of hydrogen-bond acceptors (Lipinski definition) is 1. The van der Waals surface area contributed by atoms with Gasteiger partial charge in [-0.05, 0) is 54.3 Å². The van der Waals surface area contributed by atoms with E-state index in [1.165, 1.54) is 37.3 Å². The highest BCUT2D eigenvalue weighted by molar-refractivity contribution is 6.32. The zero-order valence-corrected chi connectivity index (χ0v) is 15.3. The number of ether oxygens (including phenoxy) is 1. The molecule has 141 valence electrons. The predicted octanol–water partition coefficient (Wildman–Crippen LogP) is 7.17. The molecule has 2 nitrogen and oxygen atoms in total. The molecule has 0 unspecified atom stereocenters. The van der Waals surface area contributed by atoms with Crippen LogP contribution in [0.3, 0.4) is 0 Å². The molecule has 0 saturated heterocycles. The van der Waals surface area contributed by atoms with Crippen molar-refractivity contribution >= 4 is 22.5 Å². The van der Waals surface area contributed by atoms with Crippen LogP contribution in [0.2, 0.25) is 5.02 Å². The zero-order chi connectivity index (χ0) is 19.0. The summed E-state index contributed by atoms with van der Waals surface area (Å²) in [6.07, 6.45) is 3.39. The van der Waals surface area contributed by atoms with E-state index in [-0.39, 0.29) is 5.02 Å². The Labute approximate surface area is 160 Å². The molecule has 1 aliphatic rings. The number of fused-ring (bicyclic) bond motifs is 1.